The molecule has 6 heteroatoms. The Morgan fingerprint density at radius 3 is 2.00 bits per heavy atom. The smallest absolute Gasteiger partial charge is 0.270 e. The predicted octanol–water partition coefficient (Wildman–Crippen LogP) is 2.49. The molecular formula is C17H12ClNO4. The van der Waals surface area contributed by atoms with Crippen LogP contribution in [0.2, 0.25) is 5.02 Å². The van der Waals surface area contributed by atoms with Crippen LogP contribution >= 0.6 is 11.6 Å². The molecule has 1 N–H and O–H groups in total. The average molecular weight is 330 g/mol. The summed E-state index contributed by atoms with van der Waals surface area (Å²) in [6.45, 7) is 0. The van der Waals surface area contributed by atoms with Crippen molar-refractivity contribution in [3.05, 3.63) is 70.2 Å². The summed E-state index contributed by atoms with van der Waals surface area (Å²) in [5, 5.41) is 2.90. The standard InChI is InChI=1S/C17H12ClNO4/c1-23-17(19-16(22)10-6-8-11(18)9-7-10)14(20)12-4-2-3-5-13(12)15(17)21/h2-9H,1H3,(H,19,22). The second kappa shape index (κ2) is 5.61. The van der Waals surface area contributed by atoms with E-state index in [0.29, 0.717) is 5.02 Å². The molecule has 0 bridgehead atoms. The summed E-state index contributed by atoms with van der Waals surface area (Å²) in [5.74, 6) is -1.76. The number of halogens is 1. The first-order valence-corrected chi connectivity index (χ1v) is 7.19. The van der Waals surface area contributed by atoms with Crippen molar-refractivity contribution in [3.63, 3.8) is 0 Å². The molecule has 0 saturated heterocycles. The Kier molecular flexibility index (Phi) is 3.75. The number of nitrogens with one attached hydrogen (secondary N) is 1. The van der Waals surface area contributed by atoms with Gasteiger partial charge >= 0.3 is 0 Å². The molecule has 116 valence electrons. The van der Waals surface area contributed by atoms with E-state index in [1.54, 1.807) is 24.3 Å². The molecule has 2 aromatic carbocycles. The van der Waals surface area contributed by atoms with Crippen molar-refractivity contribution in [1.82, 2.24) is 5.32 Å². The van der Waals surface area contributed by atoms with Gasteiger partial charge in [-0.25, -0.2) is 0 Å². The molecule has 0 saturated carbocycles. The number of benzene rings is 2. The van der Waals surface area contributed by atoms with Crippen LogP contribution in [0.3, 0.4) is 0 Å². The molecule has 0 heterocycles. The van der Waals surface area contributed by atoms with E-state index in [0.717, 1.165) is 0 Å². The number of hydrogen-bond acceptors (Lipinski definition) is 4. The molecule has 1 amide bonds. The highest BCUT2D eigenvalue weighted by atomic mass is 35.5. The minimum absolute atomic E-state index is 0.232. The molecule has 0 aliphatic heterocycles. The highest BCUT2D eigenvalue weighted by Crippen LogP contribution is 2.31. The van der Waals surface area contributed by atoms with Crippen molar-refractivity contribution in [3.8, 4) is 0 Å². The van der Waals surface area contributed by atoms with Gasteiger partial charge in [-0.15, -0.1) is 0 Å². The maximum absolute atomic E-state index is 12.6. The molecule has 3 rings (SSSR count). The summed E-state index contributed by atoms with van der Waals surface area (Å²) in [7, 11) is 1.21. The van der Waals surface area contributed by atoms with Crippen LogP contribution in [-0.4, -0.2) is 30.3 Å². The fraction of sp³-hybridized carbons (Fsp3) is 0.118. The van der Waals surface area contributed by atoms with Gasteiger partial charge < -0.3 is 10.1 Å². The van der Waals surface area contributed by atoms with Crippen LogP contribution in [0.25, 0.3) is 0 Å². The van der Waals surface area contributed by atoms with E-state index in [1.807, 2.05) is 0 Å². The molecule has 1 aliphatic rings. The maximum atomic E-state index is 12.6. The van der Waals surface area contributed by atoms with Crippen molar-refractivity contribution in [1.29, 1.82) is 0 Å². The molecule has 0 radical (unpaired) electrons. The van der Waals surface area contributed by atoms with Gasteiger partial charge in [-0.1, -0.05) is 35.9 Å². The molecule has 2 aromatic rings. The highest BCUT2D eigenvalue weighted by Gasteiger charge is 2.55. The topological polar surface area (TPSA) is 72.5 Å². The van der Waals surface area contributed by atoms with Crippen molar-refractivity contribution in [2.45, 2.75) is 5.72 Å². The van der Waals surface area contributed by atoms with E-state index >= 15 is 0 Å². The van der Waals surface area contributed by atoms with E-state index in [9.17, 15) is 14.4 Å². The van der Waals surface area contributed by atoms with Gasteiger partial charge in [0.2, 0.25) is 11.6 Å². The van der Waals surface area contributed by atoms with E-state index in [2.05, 4.69) is 5.32 Å². The van der Waals surface area contributed by atoms with Crippen molar-refractivity contribution in [2.75, 3.05) is 7.11 Å². The molecule has 0 spiro atoms. The Balaban J connectivity index is 1.97. The van der Waals surface area contributed by atoms with Gasteiger partial charge in [0, 0.05) is 28.8 Å². The molecule has 0 fully saturated rings. The monoisotopic (exact) mass is 329 g/mol. The van der Waals surface area contributed by atoms with Gasteiger partial charge in [-0.2, -0.15) is 0 Å². The first kappa shape index (κ1) is 15.4. The SMILES string of the molecule is COC1(NC(=O)c2ccc(Cl)cc2)C(=O)c2ccccc2C1=O. The summed E-state index contributed by atoms with van der Waals surface area (Å²) < 4.78 is 5.16. The molecule has 0 aromatic heterocycles. The maximum Gasteiger partial charge on any atom is 0.270 e. The van der Waals surface area contributed by atoms with Crippen LogP contribution in [0.15, 0.2) is 48.5 Å². The first-order valence-electron chi connectivity index (χ1n) is 6.81. The Morgan fingerprint density at radius 2 is 1.52 bits per heavy atom. The van der Waals surface area contributed by atoms with E-state index < -0.39 is 23.2 Å². The number of rotatable bonds is 3. The number of ether oxygens (including phenoxy) is 1. The summed E-state index contributed by atoms with van der Waals surface area (Å²) >= 11 is 5.78. The third kappa shape index (κ3) is 2.34. The summed E-state index contributed by atoms with van der Waals surface area (Å²) in [4.78, 5) is 37.6. The number of carbonyl (C=O) groups is 3. The number of fused-ring (bicyclic) bond motifs is 1. The summed E-state index contributed by atoms with van der Waals surface area (Å²) in [5.41, 5.74) is -1.30. The van der Waals surface area contributed by atoms with Gasteiger partial charge in [0.25, 0.3) is 11.6 Å². The van der Waals surface area contributed by atoms with Crippen molar-refractivity contribution >= 4 is 29.1 Å². The number of carbonyl (C=O) groups excluding carboxylic acids is 3. The van der Waals surface area contributed by atoms with Gasteiger partial charge in [-0.05, 0) is 24.3 Å². The largest absolute Gasteiger partial charge is 0.346 e. The quantitative estimate of drug-likeness (QED) is 0.693. The number of amides is 1. The number of Topliss-reactive ketones (excluding diaryl/α,β-unsaturated/α-hetero) is 2. The zero-order valence-electron chi connectivity index (χ0n) is 12.1. The summed E-state index contributed by atoms with van der Waals surface area (Å²) in [6, 6.07) is 12.4. The number of hydrogen-bond donors (Lipinski definition) is 1. The lowest BCUT2D eigenvalue weighted by atomic mass is 10.1. The molecule has 0 unspecified atom stereocenters. The fourth-order valence-corrected chi connectivity index (χ4v) is 2.67. The third-order valence-corrected chi connectivity index (χ3v) is 4.01. The average Bonchev–Trinajstić information content (AvgIpc) is 2.78. The van der Waals surface area contributed by atoms with Crippen LogP contribution in [0.1, 0.15) is 31.1 Å². The molecule has 0 atom stereocenters. The molecule has 23 heavy (non-hydrogen) atoms. The Hall–Kier alpha value is -2.50. The van der Waals surface area contributed by atoms with Gasteiger partial charge in [0.15, 0.2) is 0 Å². The minimum atomic E-state index is -2.03. The summed E-state index contributed by atoms with van der Waals surface area (Å²) in [6.07, 6.45) is 0. The first-order chi connectivity index (χ1) is 11.0. The number of ketones is 2. The van der Waals surface area contributed by atoms with E-state index in [1.165, 1.54) is 31.4 Å². The second-order valence-corrected chi connectivity index (χ2v) is 5.49. The van der Waals surface area contributed by atoms with Gasteiger partial charge in [0.05, 0.1) is 0 Å². The van der Waals surface area contributed by atoms with Crippen LogP contribution in [0.5, 0.6) is 0 Å². The normalized spacial score (nSPS) is 15.4. The van der Waals surface area contributed by atoms with Gasteiger partial charge in [0.1, 0.15) is 0 Å². The van der Waals surface area contributed by atoms with Gasteiger partial charge in [-0.3, -0.25) is 14.4 Å². The van der Waals surface area contributed by atoms with Crippen LogP contribution in [-0.2, 0) is 4.74 Å². The minimum Gasteiger partial charge on any atom is -0.346 e. The van der Waals surface area contributed by atoms with E-state index in [4.69, 9.17) is 16.3 Å². The Morgan fingerprint density at radius 1 is 1.00 bits per heavy atom. The van der Waals surface area contributed by atoms with E-state index in [-0.39, 0.29) is 16.7 Å². The molecule has 5 nitrogen and oxygen atoms in total. The lowest BCUT2D eigenvalue weighted by molar-refractivity contribution is -0.00230. The zero-order chi connectivity index (χ0) is 16.6. The van der Waals surface area contributed by atoms with Crippen molar-refractivity contribution in [2.24, 2.45) is 0 Å². The van der Waals surface area contributed by atoms with Crippen molar-refractivity contribution < 1.29 is 19.1 Å². The van der Waals surface area contributed by atoms with Crippen LogP contribution in [0.4, 0.5) is 0 Å². The second-order valence-electron chi connectivity index (χ2n) is 5.05. The lowest BCUT2D eigenvalue weighted by Crippen LogP contribution is -2.58. The fourth-order valence-electron chi connectivity index (χ4n) is 2.54. The van der Waals surface area contributed by atoms with Crippen LogP contribution < -0.4 is 5.32 Å². The Labute approximate surface area is 137 Å². The van der Waals surface area contributed by atoms with Crippen LogP contribution in [0, 0.1) is 0 Å². The number of methoxy groups -OCH3 is 1. The lowest BCUT2D eigenvalue weighted by Gasteiger charge is -2.25. The molecule has 1 aliphatic carbocycles. The zero-order valence-corrected chi connectivity index (χ0v) is 12.9. The Bertz CT molecular complexity index is 779. The molecular weight excluding hydrogens is 318 g/mol. The predicted molar refractivity (Wildman–Crippen MR) is 83.8 cm³/mol. The highest BCUT2D eigenvalue weighted by molar-refractivity contribution is 6.33. The third-order valence-electron chi connectivity index (χ3n) is 3.76.